The van der Waals surface area contributed by atoms with Gasteiger partial charge in [-0.15, -0.1) is 0 Å². The van der Waals surface area contributed by atoms with Gasteiger partial charge in [0.05, 0.1) is 0 Å². The monoisotopic (exact) mass is 223 g/mol. The molecule has 0 amide bonds. The van der Waals surface area contributed by atoms with Crippen LogP contribution in [0.1, 0.15) is 51.4 Å². The van der Waals surface area contributed by atoms with Crippen LogP contribution in [0.5, 0.6) is 0 Å². The highest BCUT2D eigenvalue weighted by atomic mass is 16.1. The van der Waals surface area contributed by atoms with E-state index in [1.165, 1.54) is 51.4 Å². The third kappa shape index (κ3) is 2.85. The van der Waals surface area contributed by atoms with Crippen molar-refractivity contribution in [2.24, 2.45) is 11.3 Å². The predicted molar refractivity (Wildman–Crippen MR) is 66.4 cm³/mol. The highest BCUT2D eigenvalue weighted by Gasteiger charge is 2.33. The van der Waals surface area contributed by atoms with Crippen molar-refractivity contribution in [1.82, 2.24) is 4.90 Å². The highest BCUT2D eigenvalue weighted by Crippen LogP contribution is 2.35. The number of hydrogen-bond acceptors (Lipinski definition) is 2. The van der Waals surface area contributed by atoms with E-state index >= 15 is 0 Å². The number of aldehydes is 1. The summed E-state index contributed by atoms with van der Waals surface area (Å²) in [6.07, 6.45) is 11.5. The number of carbonyl (C=O) groups excluding carboxylic acids is 1. The molecule has 0 unspecified atom stereocenters. The van der Waals surface area contributed by atoms with Gasteiger partial charge in [0.25, 0.3) is 0 Å². The molecule has 2 aliphatic rings. The van der Waals surface area contributed by atoms with Crippen LogP contribution in [0.4, 0.5) is 0 Å². The molecule has 0 heterocycles. The Balaban J connectivity index is 1.81. The summed E-state index contributed by atoms with van der Waals surface area (Å²) in [7, 11) is 2.19. The van der Waals surface area contributed by atoms with Crippen molar-refractivity contribution in [3.63, 3.8) is 0 Å². The summed E-state index contributed by atoms with van der Waals surface area (Å²) >= 11 is 0. The molecule has 0 aromatic carbocycles. The van der Waals surface area contributed by atoms with E-state index in [0.29, 0.717) is 0 Å². The van der Waals surface area contributed by atoms with Crippen LogP contribution in [0, 0.1) is 11.3 Å². The van der Waals surface area contributed by atoms with Gasteiger partial charge in [-0.25, -0.2) is 0 Å². The van der Waals surface area contributed by atoms with Crippen LogP contribution in [-0.4, -0.2) is 31.3 Å². The Hall–Kier alpha value is -0.370. The highest BCUT2D eigenvalue weighted by molar-refractivity contribution is 5.60. The lowest BCUT2D eigenvalue weighted by Gasteiger charge is -2.38. The molecular formula is C14H25NO. The Kier molecular flexibility index (Phi) is 4.01. The molecule has 2 nitrogen and oxygen atoms in total. The number of hydrogen-bond donors (Lipinski definition) is 0. The smallest absolute Gasteiger partial charge is 0.127 e. The van der Waals surface area contributed by atoms with E-state index in [1.807, 2.05) is 0 Å². The summed E-state index contributed by atoms with van der Waals surface area (Å²) in [5.74, 6) is 0.914. The summed E-state index contributed by atoms with van der Waals surface area (Å²) in [5, 5.41) is 0. The normalized spacial score (nSPS) is 25.4. The quantitative estimate of drug-likeness (QED) is 0.668. The van der Waals surface area contributed by atoms with Gasteiger partial charge in [-0.05, 0) is 38.6 Å². The van der Waals surface area contributed by atoms with E-state index < -0.39 is 0 Å². The first-order chi connectivity index (χ1) is 7.74. The summed E-state index contributed by atoms with van der Waals surface area (Å²) in [6.45, 7) is 2.20. The Bertz CT molecular complexity index is 229. The average Bonchev–Trinajstić information content (AvgIpc) is 2.25. The predicted octanol–water partition coefficient (Wildman–Crippen LogP) is 2.87. The molecule has 0 aromatic rings. The maximum atomic E-state index is 11.4. The zero-order chi connectivity index (χ0) is 11.4. The molecule has 0 radical (unpaired) electrons. The Morgan fingerprint density at radius 3 is 2.38 bits per heavy atom. The van der Waals surface area contributed by atoms with Crippen molar-refractivity contribution in [2.75, 3.05) is 20.1 Å². The van der Waals surface area contributed by atoms with Crippen molar-refractivity contribution < 1.29 is 4.79 Å². The molecule has 0 atom stereocenters. The molecular weight excluding hydrogens is 198 g/mol. The minimum Gasteiger partial charge on any atom is -0.305 e. The molecule has 2 fully saturated rings. The molecule has 16 heavy (non-hydrogen) atoms. The largest absolute Gasteiger partial charge is 0.305 e. The van der Waals surface area contributed by atoms with Crippen LogP contribution < -0.4 is 0 Å². The lowest BCUT2D eigenvalue weighted by Crippen LogP contribution is -2.41. The van der Waals surface area contributed by atoms with Crippen molar-refractivity contribution in [3.8, 4) is 0 Å². The Morgan fingerprint density at radius 1 is 1.19 bits per heavy atom. The summed E-state index contributed by atoms with van der Waals surface area (Å²) < 4.78 is 0. The van der Waals surface area contributed by atoms with Gasteiger partial charge in [0.2, 0.25) is 0 Å². The molecule has 2 aliphatic carbocycles. The third-order valence-electron chi connectivity index (χ3n) is 4.48. The van der Waals surface area contributed by atoms with Crippen LogP contribution in [0.25, 0.3) is 0 Å². The SMILES string of the molecule is CN(CC1CCC1)CC1(C=O)CCCCC1. The van der Waals surface area contributed by atoms with E-state index in [1.54, 1.807) is 0 Å². The number of carbonyl (C=O) groups is 1. The fourth-order valence-electron chi connectivity index (χ4n) is 3.29. The number of rotatable bonds is 5. The second-order valence-electron chi connectivity index (χ2n) is 6.03. The topological polar surface area (TPSA) is 20.3 Å². The average molecular weight is 223 g/mol. The van der Waals surface area contributed by atoms with Crippen molar-refractivity contribution in [2.45, 2.75) is 51.4 Å². The van der Waals surface area contributed by atoms with Gasteiger partial charge in [-0.1, -0.05) is 25.7 Å². The fraction of sp³-hybridized carbons (Fsp3) is 0.929. The van der Waals surface area contributed by atoms with Crippen molar-refractivity contribution >= 4 is 6.29 Å². The number of nitrogens with zero attached hydrogens (tertiary/aromatic N) is 1. The van der Waals surface area contributed by atoms with Crippen molar-refractivity contribution in [3.05, 3.63) is 0 Å². The van der Waals surface area contributed by atoms with Gasteiger partial charge in [0, 0.05) is 18.5 Å². The van der Waals surface area contributed by atoms with E-state index in [-0.39, 0.29) is 5.41 Å². The molecule has 0 bridgehead atoms. The van der Waals surface area contributed by atoms with Gasteiger partial charge in [-0.2, -0.15) is 0 Å². The summed E-state index contributed by atoms with van der Waals surface area (Å²) in [4.78, 5) is 13.8. The first-order valence-corrected chi connectivity index (χ1v) is 6.89. The van der Waals surface area contributed by atoms with Crippen LogP contribution in [0.3, 0.4) is 0 Å². The standard InChI is InChI=1S/C14H25NO/c1-15(10-13-6-5-7-13)11-14(12-16)8-3-2-4-9-14/h12-13H,2-11H2,1H3. The first-order valence-electron chi connectivity index (χ1n) is 6.89. The van der Waals surface area contributed by atoms with Gasteiger partial charge in [0.1, 0.15) is 6.29 Å². The van der Waals surface area contributed by atoms with Crippen LogP contribution in [0.2, 0.25) is 0 Å². The molecule has 92 valence electrons. The second kappa shape index (κ2) is 5.31. The second-order valence-corrected chi connectivity index (χ2v) is 6.03. The molecule has 0 spiro atoms. The van der Waals surface area contributed by atoms with Crippen molar-refractivity contribution in [1.29, 1.82) is 0 Å². The minimum atomic E-state index is -0.00323. The molecule has 0 aromatic heterocycles. The zero-order valence-electron chi connectivity index (χ0n) is 10.6. The van der Waals surface area contributed by atoms with Gasteiger partial charge >= 0.3 is 0 Å². The molecule has 0 saturated heterocycles. The maximum absolute atomic E-state index is 11.4. The molecule has 2 saturated carbocycles. The molecule has 0 aliphatic heterocycles. The minimum absolute atomic E-state index is 0.00323. The fourth-order valence-corrected chi connectivity index (χ4v) is 3.29. The van der Waals surface area contributed by atoms with E-state index in [9.17, 15) is 4.79 Å². The summed E-state index contributed by atoms with van der Waals surface area (Å²) in [5.41, 5.74) is -0.00323. The van der Waals surface area contributed by atoms with Crippen LogP contribution >= 0.6 is 0 Å². The molecule has 2 rings (SSSR count). The van der Waals surface area contributed by atoms with Gasteiger partial charge < -0.3 is 9.69 Å². The Labute approximate surface area is 99.4 Å². The van der Waals surface area contributed by atoms with Crippen LogP contribution in [0.15, 0.2) is 0 Å². The zero-order valence-corrected chi connectivity index (χ0v) is 10.6. The maximum Gasteiger partial charge on any atom is 0.127 e. The van der Waals surface area contributed by atoms with E-state index in [2.05, 4.69) is 11.9 Å². The summed E-state index contributed by atoms with van der Waals surface area (Å²) in [6, 6.07) is 0. The Morgan fingerprint density at radius 2 is 1.88 bits per heavy atom. The third-order valence-corrected chi connectivity index (χ3v) is 4.48. The van der Waals surface area contributed by atoms with E-state index in [4.69, 9.17) is 0 Å². The first kappa shape index (κ1) is 12.1. The molecule has 2 heteroatoms. The van der Waals surface area contributed by atoms with E-state index in [0.717, 1.165) is 25.3 Å². The van der Waals surface area contributed by atoms with Gasteiger partial charge in [0.15, 0.2) is 0 Å². The molecule has 0 N–H and O–H groups in total. The van der Waals surface area contributed by atoms with Gasteiger partial charge in [-0.3, -0.25) is 0 Å². The lowest BCUT2D eigenvalue weighted by atomic mass is 9.74. The lowest BCUT2D eigenvalue weighted by molar-refractivity contribution is -0.119. The van der Waals surface area contributed by atoms with Crippen LogP contribution in [-0.2, 0) is 4.79 Å².